The highest BCUT2D eigenvalue weighted by Gasteiger charge is 2.25. The Morgan fingerprint density at radius 3 is 2.48 bits per heavy atom. The van der Waals surface area contributed by atoms with Crippen LogP contribution in [-0.2, 0) is 13.5 Å². The Bertz CT molecular complexity index is 956. The van der Waals surface area contributed by atoms with Gasteiger partial charge in [-0.25, -0.2) is 0 Å². The second-order valence-electron chi connectivity index (χ2n) is 8.36. The van der Waals surface area contributed by atoms with E-state index >= 15 is 0 Å². The zero-order chi connectivity index (χ0) is 19.1. The summed E-state index contributed by atoms with van der Waals surface area (Å²) in [6, 6.07) is 12.1. The van der Waals surface area contributed by atoms with Gasteiger partial charge in [0, 0.05) is 29.7 Å². The highest BCUT2D eigenvalue weighted by atomic mass is 15.3. The van der Waals surface area contributed by atoms with Crippen molar-refractivity contribution in [3.63, 3.8) is 0 Å². The van der Waals surface area contributed by atoms with Crippen LogP contribution in [0.15, 0.2) is 30.3 Å². The summed E-state index contributed by atoms with van der Waals surface area (Å²) in [6.07, 6.45) is 5.03. The predicted octanol–water partition coefficient (Wildman–Crippen LogP) is 5.19. The van der Waals surface area contributed by atoms with E-state index in [0.29, 0.717) is 0 Å². The van der Waals surface area contributed by atoms with Gasteiger partial charge >= 0.3 is 0 Å². The fourth-order valence-corrected chi connectivity index (χ4v) is 4.57. The molecule has 0 aliphatic heterocycles. The van der Waals surface area contributed by atoms with Gasteiger partial charge in [0.25, 0.3) is 0 Å². The van der Waals surface area contributed by atoms with Crippen molar-refractivity contribution in [3.8, 4) is 11.1 Å². The molecule has 1 fully saturated rings. The summed E-state index contributed by atoms with van der Waals surface area (Å²) in [4.78, 5) is 2.52. The fraction of sp³-hybridized carbons (Fsp3) is 0.458. The lowest BCUT2D eigenvalue weighted by atomic mass is 9.92. The van der Waals surface area contributed by atoms with Crippen molar-refractivity contribution >= 4 is 10.9 Å². The van der Waals surface area contributed by atoms with Crippen LogP contribution >= 0.6 is 0 Å². The van der Waals surface area contributed by atoms with E-state index in [4.69, 9.17) is 5.10 Å². The first-order valence-electron chi connectivity index (χ1n) is 10.2. The number of benzene rings is 2. The molecule has 1 aliphatic carbocycles. The molecule has 1 heterocycles. The molecule has 142 valence electrons. The SMILES string of the molecule is Cc1cc(C)c(-c2cccc3c(CCCN(C)C4CC4)n(C)nc23)c(C)c1. The average molecular weight is 362 g/mol. The summed E-state index contributed by atoms with van der Waals surface area (Å²) in [7, 11) is 4.36. The highest BCUT2D eigenvalue weighted by Crippen LogP contribution is 2.34. The third kappa shape index (κ3) is 3.53. The van der Waals surface area contributed by atoms with E-state index < -0.39 is 0 Å². The van der Waals surface area contributed by atoms with E-state index in [1.165, 1.54) is 64.7 Å². The monoisotopic (exact) mass is 361 g/mol. The minimum atomic E-state index is 0.840. The third-order valence-corrected chi connectivity index (χ3v) is 6.03. The Labute approximate surface area is 163 Å². The Morgan fingerprint density at radius 1 is 1.11 bits per heavy atom. The molecular weight excluding hydrogens is 330 g/mol. The van der Waals surface area contributed by atoms with E-state index in [0.717, 1.165) is 18.0 Å². The van der Waals surface area contributed by atoms with E-state index in [2.05, 4.69) is 74.8 Å². The minimum Gasteiger partial charge on any atom is -0.303 e. The Balaban J connectivity index is 1.68. The Kier molecular flexibility index (Phi) is 4.81. The maximum absolute atomic E-state index is 4.94. The molecule has 27 heavy (non-hydrogen) atoms. The quantitative estimate of drug-likeness (QED) is 0.602. The molecule has 0 unspecified atom stereocenters. The normalized spacial score (nSPS) is 14.4. The summed E-state index contributed by atoms with van der Waals surface area (Å²) < 4.78 is 2.10. The van der Waals surface area contributed by atoms with Crippen molar-refractivity contribution in [1.82, 2.24) is 14.7 Å². The number of hydrogen-bond acceptors (Lipinski definition) is 2. The summed E-state index contributed by atoms with van der Waals surface area (Å²) >= 11 is 0. The summed E-state index contributed by atoms with van der Waals surface area (Å²) in [5.74, 6) is 0. The van der Waals surface area contributed by atoms with E-state index in [9.17, 15) is 0 Å². The van der Waals surface area contributed by atoms with Crippen LogP contribution in [0.3, 0.4) is 0 Å². The zero-order valence-corrected chi connectivity index (χ0v) is 17.3. The highest BCUT2D eigenvalue weighted by molar-refractivity contribution is 5.96. The molecule has 0 saturated heterocycles. The molecule has 4 rings (SSSR count). The van der Waals surface area contributed by atoms with Crippen molar-refractivity contribution in [2.24, 2.45) is 7.05 Å². The second-order valence-corrected chi connectivity index (χ2v) is 8.36. The molecule has 0 amide bonds. The molecule has 3 aromatic rings. The molecule has 1 aliphatic rings. The van der Waals surface area contributed by atoms with Crippen LogP contribution in [0.1, 0.15) is 41.6 Å². The van der Waals surface area contributed by atoms with E-state index in [1.54, 1.807) is 0 Å². The molecule has 1 aromatic heterocycles. The van der Waals surface area contributed by atoms with E-state index in [-0.39, 0.29) is 0 Å². The van der Waals surface area contributed by atoms with Gasteiger partial charge in [-0.2, -0.15) is 5.10 Å². The van der Waals surface area contributed by atoms with Gasteiger partial charge in [0.2, 0.25) is 0 Å². The number of fused-ring (bicyclic) bond motifs is 1. The van der Waals surface area contributed by atoms with Crippen molar-refractivity contribution in [1.29, 1.82) is 0 Å². The third-order valence-electron chi connectivity index (χ3n) is 6.03. The maximum atomic E-state index is 4.94. The van der Waals surface area contributed by atoms with Gasteiger partial charge in [-0.05, 0) is 76.7 Å². The molecule has 1 saturated carbocycles. The van der Waals surface area contributed by atoms with Crippen molar-refractivity contribution in [3.05, 3.63) is 52.7 Å². The summed E-state index contributed by atoms with van der Waals surface area (Å²) in [5, 5.41) is 6.25. The van der Waals surface area contributed by atoms with E-state index in [1.807, 2.05) is 0 Å². The molecule has 3 heteroatoms. The second kappa shape index (κ2) is 7.12. The molecule has 0 spiro atoms. The molecule has 0 atom stereocenters. The van der Waals surface area contributed by atoms with Crippen molar-refractivity contribution < 1.29 is 0 Å². The standard InChI is InChI=1S/C24H31N3/c1-16-14-17(2)23(18(3)15-16)21-9-6-8-20-22(27(5)25-24(20)21)10-7-13-26(4)19-11-12-19/h6,8-9,14-15,19H,7,10-13H2,1-5H3. The lowest BCUT2D eigenvalue weighted by Gasteiger charge is -2.15. The van der Waals surface area contributed by atoms with Crippen LogP contribution in [0.2, 0.25) is 0 Å². The fourth-order valence-electron chi connectivity index (χ4n) is 4.57. The van der Waals surface area contributed by atoms with Crippen LogP contribution in [-0.4, -0.2) is 34.3 Å². The molecular formula is C24H31N3. The van der Waals surface area contributed by atoms with Gasteiger partial charge < -0.3 is 4.90 Å². The zero-order valence-electron chi connectivity index (χ0n) is 17.3. The lowest BCUT2D eigenvalue weighted by molar-refractivity contribution is 0.319. The molecule has 0 N–H and O–H groups in total. The topological polar surface area (TPSA) is 21.1 Å². The minimum absolute atomic E-state index is 0.840. The number of aromatic nitrogens is 2. The Hall–Kier alpha value is -2.13. The van der Waals surface area contributed by atoms with Crippen LogP contribution in [0.4, 0.5) is 0 Å². The first-order valence-corrected chi connectivity index (χ1v) is 10.2. The summed E-state index contributed by atoms with van der Waals surface area (Å²) in [6.45, 7) is 7.77. The molecule has 3 nitrogen and oxygen atoms in total. The smallest absolute Gasteiger partial charge is 0.100 e. The van der Waals surface area contributed by atoms with Crippen LogP contribution in [0, 0.1) is 20.8 Å². The largest absolute Gasteiger partial charge is 0.303 e. The van der Waals surface area contributed by atoms with Crippen LogP contribution in [0.25, 0.3) is 22.0 Å². The number of rotatable bonds is 6. The Morgan fingerprint density at radius 2 is 1.81 bits per heavy atom. The van der Waals surface area contributed by atoms with Gasteiger partial charge in [-0.15, -0.1) is 0 Å². The first kappa shape index (κ1) is 18.2. The maximum Gasteiger partial charge on any atom is 0.100 e. The molecule has 0 bridgehead atoms. The van der Waals surface area contributed by atoms with Gasteiger partial charge in [0.05, 0.1) is 0 Å². The molecule has 2 aromatic carbocycles. The molecule has 0 radical (unpaired) electrons. The summed E-state index contributed by atoms with van der Waals surface area (Å²) in [5.41, 5.74) is 9.08. The average Bonchev–Trinajstić information content (AvgIpc) is 3.40. The van der Waals surface area contributed by atoms with Gasteiger partial charge in [-0.1, -0.05) is 35.9 Å². The van der Waals surface area contributed by atoms with Gasteiger partial charge in [0.1, 0.15) is 5.52 Å². The lowest BCUT2D eigenvalue weighted by Crippen LogP contribution is -2.22. The van der Waals surface area contributed by atoms with Crippen LogP contribution < -0.4 is 0 Å². The van der Waals surface area contributed by atoms with Crippen molar-refractivity contribution in [2.45, 2.75) is 52.5 Å². The van der Waals surface area contributed by atoms with Crippen LogP contribution in [0.5, 0.6) is 0 Å². The number of nitrogens with zero attached hydrogens (tertiary/aromatic N) is 3. The van der Waals surface area contributed by atoms with Gasteiger partial charge in [0.15, 0.2) is 0 Å². The first-order chi connectivity index (χ1) is 13.0. The van der Waals surface area contributed by atoms with Crippen molar-refractivity contribution in [2.75, 3.05) is 13.6 Å². The predicted molar refractivity (Wildman–Crippen MR) is 114 cm³/mol. The number of hydrogen-bond donors (Lipinski definition) is 0. The number of aryl methyl sites for hydroxylation is 5. The van der Waals surface area contributed by atoms with Gasteiger partial charge in [-0.3, -0.25) is 4.68 Å².